The molecule has 5 heteroatoms. The molecule has 1 aliphatic heterocycles. The van der Waals surface area contributed by atoms with Gasteiger partial charge in [0.05, 0.1) is 18.3 Å². The van der Waals surface area contributed by atoms with Gasteiger partial charge in [-0.3, -0.25) is 0 Å². The van der Waals surface area contributed by atoms with Gasteiger partial charge in [-0.05, 0) is 50.9 Å². The molecule has 24 heavy (non-hydrogen) atoms. The summed E-state index contributed by atoms with van der Waals surface area (Å²) in [6.07, 6.45) is 1.95. The zero-order valence-electron chi connectivity index (χ0n) is 14.3. The van der Waals surface area contributed by atoms with Crippen molar-refractivity contribution in [2.24, 2.45) is 5.92 Å². The van der Waals surface area contributed by atoms with E-state index in [0.29, 0.717) is 5.92 Å². The van der Waals surface area contributed by atoms with E-state index in [1.54, 1.807) is 0 Å². The number of nitrogens with zero attached hydrogens (tertiary/aromatic N) is 2. The minimum atomic E-state index is -0.393. The first kappa shape index (κ1) is 17.1. The Hall–Kier alpha value is -1.69. The van der Waals surface area contributed by atoms with E-state index in [0.717, 1.165) is 49.7 Å². The van der Waals surface area contributed by atoms with Crippen molar-refractivity contribution in [3.05, 3.63) is 53.4 Å². The number of aryl methyl sites for hydroxylation is 1. The summed E-state index contributed by atoms with van der Waals surface area (Å²) in [5, 5.41) is 17.7. The van der Waals surface area contributed by atoms with Crippen molar-refractivity contribution in [1.29, 1.82) is 0 Å². The molecule has 1 aromatic heterocycles. The highest BCUT2D eigenvalue weighted by molar-refractivity contribution is 5.17. The van der Waals surface area contributed by atoms with E-state index in [1.165, 1.54) is 12.8 Å². The molecule has 0 bridgehead atoms. The highest BCUT2D eigenvalue weighted by Gasteiger charge is 2.21. The third kappa shape index (κ3) is 4.90. The zero-order chi connectivity index (χ0) is 16.8. The van der Waals surface area contributed by atoms with Gasteiger partial charge in [-0.25, -0.2) is 0 Å². The van der Waals surface area contributed by atoms with Crippen LogP contribution >= 0.6 is 0 Å². The average Bonchev–Trinajstić information content (AvgIpc) is 3.02. The van der Waals surface area contributed by atoms with Crippen molar-refractivity contribution in [3.8, 4) is 0 Å². The van der Waals surface area contributed by atoms with Crippen LogP contribution in [0.25, 0.3) is 0 Å². The molecule has 1 aliphatic rings. The van der Waals surface area contributed by atoms with Crippen molar-refractivity contribution in [2.75, 3.05) is 26.2 Å². The predicted molar refractivity (Wildman–Crippen MR) is 93.5 cm³/mol. The van der Waals surface area contributed by atoms with Crippen LogP contribution in [0.15, 0.2) is 40.9 Å². The van der Waals surface area contributed by atoms with E-state index in [-0.39, 0.29) is 0 Å². The van der Waals surface area contributed by atoms with Gasteiger partial charge >= 0.3 is 0 Å². The van der Waals surface area contributed by atoms with Gasteiger partial charge in [-0.15, -0.1) is 0 Å². The lowest BCUT2D eigenvalue weighted by Gasteiger charge is -2.33. The number of likely N-dealkylation sites (tertiary alicyclic amines) is 1. The number of hydrogen-bond donors (Lipinski definition) is 2. The standard InChI is InChI=1S/C19H27N3O2/c1-15-11-18(24-21-15)13-20-12-16-7-9-22(10-8-16)14-19(23)17-5-3-2-4-6-17/h2-6,11,16,19-20,23H,7-10,12-14H2,1H3. The summed E-state index contributed by atoms with van der Waals surface area (Å²) in [4.78, 5) is 2.37. The van der Waals surface area contributed by atoms with Gasteiger partial charge in [0, 0.05) is 12.6 Å². The molecule has 2 N–H and O–H groups in total. The fourth-order valence-electron chi connectivity index (χ4n) is 3.30. The molecule has 1 unspecified atom stereocenters. The summed E-state index contributed by atoms with van der Waals surface area (Å²) >= 11 is 0. The first-order chi connectivity index (χ1) is 11.7. The van der Waals surface area contributed by atoms with E-state index in [9.17, 15) is 5.11 Å². The van der Waals surface area contributed by atoms with Gasteiger partial charge in [0.25, 0.3) is 0 Å². The molecule has 1 fully saturated rings. The van der Waals surface area contributed by atoms with Crippen LogP contribution in [0.4, 0.5) is 0 Å². The second kappa shape index (κ2) is 8.42. The monoisotopic (exact) mass is 329 g/mol. The minimum Gasteiger partial charge on any atom is -0.387 e. The molecule has 130 valence electrons. The fraction of sp³-hybridized carbons (Fsp3) is 0.526. The molecular weight excluding hydrogens is 302 g/mol. The quantitative estimate of drug-likeness (QED) is 0.817. The number of piperidine rings is 1. The molecule has 1 aromatic carbocycles. The largest absolute Gasteiger partial charge is 0.387 e. The highest BCUT2D eigenvalue weighted by Crippen LogP contribution is 2.20. The van der Waals surface area contributed by atoms with E-state index >= 15 is 0 Å². The lowest BCUT2D eigenvalue weighted by Crippen LogP contribution is -2.39. The molecule has 0 radical (unpaired) electrons. The minimum absolute atomic E-state index is 0.393. The Kier molecular flexibility index (Phi) is 6.01. The smallest absolute Gasteiger partial charge is 0.150 e. The average molecular weight is 329 g/mol. The molecule has 3 rings (SSSR count). The Morgan fingerprint density at radius 2 is 2.04 bits per heavy atom. The number of aliphatic hydroxyl groups is 1. The Morgan fingerprint density at radius 1 is 1.29 bits per heavy atom. The first-order valence-electron chi connectivity index (χ1n) is 8.79. The highest BCUT2D eigenvalue weighted by atomic mass is 16.5. The third-order valence-corrected chi connectivity index (χ3v) is 4.73. The number of β-amino-alcohol motifs (C(OH)–C–C–N with tert-alkyl or cyclic N) is 1. The van der Waals surface area contributed by atoms with Crippen molar-refractivity contribution >= 4 is 0 Å². The van der Waals surface area contributed by atoms with Crippen LogP contribution in [0.1, 0.15) is 36.0 Å². The number of hydrogen-bond acceptors (Lipinski definition) is 5. The summed E-state index contributed by atoms with van der Waals surface area (Å²) in [5.74, 6) is 1.59. The maximum Gasteiger partial charge on any atom is 0.150 e. The normalized spacial score (nSPS) is 17.9. The maximum absolute atomic E-state index is 10.3. The van der Waals surface area contributed by atoms with Gasteiger partial charge in [0.1, 0.15) is 0 Å². The number of benzene rings is 1. The number of aromatic nitrogens is 1. The molecule has 2 aromatic rings. The number of nitrogens with one attached hydrogen (secondary N) is 1. The Bertz CT molecular complexity index is 606. The molecule has 0 spiro atoms. The predicted octanol–water partition coefficient (Wildman–Crippen LogP) is 2.52. The van der Waals surface area contributed by atoms with Crippen LogP contribution in [-0.2, 0) is 6.54 Å². The summed E-state index contributed by atoms with van der Waals surface area (Å²) < 4.78 is 5.21. The SMILES string of the molecule is Cc1cc(CNCC2CCN(CC(O)c3ccccc3)CC2)on1. The van der Waals surface area contributed by atoms with E-state index in [4.69, 9.17) is 4.52 Å². The van der Waals surface area contributed by atoms with Crippen LogP contribution in [0.5, 0.6) is 0 Å². The lowest BCUT2D eigenvalue weighted by molar-refractivity contribution is 0.0890. The molecule has 0 aliphatic carbocycles. The van der Waals surface area contributed by atoms with Gasteiger partial charge in [-0.1, -0.05) is 35.5 Å². The van der Waals surface area contributed by atoms with E-state index in [2.05, 4.69) is 15.4 Å². The maximum atomic E-state index is 10.3. The van der Waals surface area contributed by atoms with Crippen molar-refractivity contribution in [3.63, 3.8) is 0 Å². The van der Waals surface area contributed by atoms with Gasteiger partial charge in [0.2, 0.25) is 0 Å². The van der Waals surface area contributed by atoms with Gasteiger partial charge < -0.3 is 19.8 Å². The Balaban J connectivity index is 1.35. The summed E-state index contributed by atoms with van der Waals surface area (Å²) in [7, 11) is 0. The fourth-order valence-corrected chi connectivity index (χ4v) is 3.30. The van der Waals surface area contributed by atoms with E-state index in [1.807, 2.05) is 43.3 Å². The second-order valence-corrected chi connectivity index (χ2v) is 6.74. The van der Waals surface area contributed by atoms with Crippen LogP contribution < -0.4 is 5.32 Å². The molecule has 1 atom stereocenters. The molecule has 0 amide bonds. The molecule has 5 nitrogen and oxygen atoms in total. The third-order valence-electron chi connectivity index (χ3n) is 4.73. The molecule has 1 saturated heterocycles. The summed E-state index contributed by atoms with van der Waals surface area (Å²) in [5.41, 5.74) is 1.93. The molecule has 0 saturated carbocycles. The summed E-state index contributed by atoms with van der Waals surface area (Å²) in [6, 6.07) is 11.9. The van der Waals surface area contributed by atoms with Crippen LogP contribution in [0.3, 0.4) is 0 Å². The Morgan fingerprint density at radius 3 is 2.71 bits per heavy atom. The van der Waals surface area contributed by atoms with Gasteiger partial charge in [-0.2, -0.15) is 0 Å². The van der Waals surface area contributed by atoms with Crippen LogP contribution in [-0.4, -0.2) is 41.3 Å². The molecule has 2 heterocycles. The second-order valence-electron chi connectivity index (χ2n) is 6.74. The topological polar surface area (TPSA) is 61.5 Å². The van der Waals surface area contributed by atoms with Crippen molar-refractivity contribution in [1.82, 2.24) is 15.4 Å². The van der Waals surface area contributed by atoms with E-state index < -0.39 is 6.10 Å². The number of aliphatic hydroxyl groups excluding tert-OH is 1. The summed E-state index contributed by atoms with van der Waals surface area (Å²) in [6.45, 7) is 6.52. The van der Waals surface area contributed by atoms with Crippen molar-refractivity contribution in [2.45, 2.75) is 32.4 Å². The van der Waals surface area contributed by atoms with Gasteiger partial charge in [0.15, 0.2) is 5.76 Å². The Labute approximate surface area is 143 Å². The van der Waals surface area contributed by atoms with Crippen LogP contribution in [0.2, 0.25) is 0 Å². The first-order valence-corrected chi connectivity index (χ1v) is 8.79. The zero-order valence-corrected chi connectivity index (χ0v) is 14.3. The lowest BCUT2D eigenvalue weighted by atomic mass is 9.96. The molecular formula is C19H27N3O2. The van der Waals surface area contributed by atoms with Crippen molar-refractivity contribution < 1.29 is 9.63 Å². The van der Waals surface area contributed by atoms with Crippen LogP contribution in [0, 0.1) is 12.8 Å². The number of rotatable bonds is 7.